The molecule has 14 heavy (non-hydrogen) atoms. The number of hydrogen-bond acceptors (Lipinski definition) is 5. The molecule has 2 fully saturated rings. The largest absolute Gasteiger partial charge is 0.369 e. The quantitative estimate of drug-likeness (QED) is 0.489. The highest BCUT2D eigenvalue weighted by Crippen LogP contribution is 2.44. The lowest BCUT2D eigenvalue weighted by Gasteiger charge is -2.33. The maximum absolute atomic E-state index is 5.86. The van der Waals surface area contributed by atoms with Crippen molar-refractivity contribution < 1.29 is 15.6 Å². The van der Waals surface area contributed by atoms with Crippen LogP contribution in [-0.4, -0.2) is 44.5 Å². The van der Waals surface area contributed by atoms with Crippen LogP contribution < -0.4 is 5.73 Å². The molecule has 2 aliphatic heterocycles. The minimum atomic E-state index is -0.646. The lowest BCUT2D eigenvalue weighted by molar-refractivity contribution is -0.169. The van der Waals surface area contributed by atoms with Crippen molar-refractivity contribution in [3.63, 3.8) is 0 Å². The van der Waals surface area contributed by atoms with Crippen molar-refractivity contribution in [2.24, 2.45) is 5.73 Å². The van der Waals surface area contributed by atoms with Gasteiger partial charge >= 0.3 is 0 Å². The first kappa shape index (κ1) is 11.8. The number of nitrogens with two attached hydrogens (primary N) is 1. The van der Waals surface area contributed by atoms with Gasteiger partial charge in [-0.1, -0.05) is 0 Å². The SMILES string of the molecule is BC1OC2(COI)C(N)OC1C2OI. The van der Waals surface area contributed by atoms with Gasteiger partial charge < -0.3 is 21.3 Å². The zero-order valence-electron chi connectivity index (χ0n) is 7.48. The van der Waals surface area contributed by atoms with E-state index in [1.54, 1.807) is 0 Å². The molecule has 80 valence electrons. The van der Waals surface area contributed by atoms with Crippen LogP contribution in [0.5, 0.6) is 0 Å². The second kappa shape index (κ2) is 4.30. The molecular weight excluding hydrogens is 415 g/mol. The van der Waals surface area contributed by atoms with E-state index in [9.17, 15) is 0 Å². The van der Waals surface area contributed by atoms with Crippen LogP contribution in [0.3, 0.4) is 0 Å². The topological polar surface area (TPSA) is 62.9 Å². The summed E-state index contributed by atoms with van der Waals surface area (Å²) in [5.74, 6) is 0. The molecule has 0 amide bonds. The van der Waals surface area contributed by atoms with Gasteiger partial charge in [-0.05, 0) is 0 Å². The van der Waals surface area contributed by atoms with Gasteiger partial charge in [-0.3, -0.25) is 0 Å². The van der Waals surface area contributed by atoms with Gasteiger partial charge in [0.1, 0.15) is 72.3 Å². The first-order valence-corrected chi connectivity index (χ1v) is 6.01. The summed E-state index contributed by atoms with van der Waals surface area (Å²) in [4.78, 5) is 0. The van der Waals surface area contributed by atoms with Crippen molar-refractivity contribution in [1.29, 1.82) is 0 Å². The molecule has 5 atom stereocenters. The Kier molecular flexibility index (Phi) is 3.62. The van der Waals surface area contributed by atoms with E-state index in [1.165, 1.54) is 0 Å². The van der Waals surface area contributed by atoms with Crippen LogP contribution in [0.15, 0.2) is 0 Å². The smallest absolute Gasteiger partial charge is 0.160 e. The second-order valence-electron chi connectivity index (χ2n) is 3.56. The third-order valence-electron chi connectivity index (χ3n) is 2.81. The Morgan fingerprint density at radius 1 is 1.50 bits per heavy atom. The molecule has 2 saturated heterocycles. The van der Waals surface area contributed by atoms with E-state index < -0.39 is 11.8 Å². The first-order chi connectivity index (χ1) is 6.65. The number of rotatable bonds is 3. The van der Waals surface area contributed by atoms with Crippen molar-refractivity contribution >= 4 is 53.9 Å². The monoisotopic (exact) mass is 425 g/mol. The Morgan fingerprint density at radius 3 is 2.79 bits per heavy atom. The highest BCUT2D eigenvalue weighted by molar-refractivity contribution is 14.1. The fourth-order valence-corrected chi connectivity index (χ4v) is 3.32. The summed E-state index contributed by atoms with van der Waals surface area (Å²) in [6, 6.07) is 0.00103. The number of fused-ring (bicyclic) bond motifs is 2. The van der Waals surface area contributed by atoms with Crippen LogP contribution in [0.1, 0.15) is 0 Å². The summed E-state index contributed by atoms with van der Waals surface area (Å²) in [6.45, 7) is 0.378. The summed E-state index contributed by atoms with van der Waals surface area (Å²) in [5.41, 5.74) is 5.21. The Bertz CT molecular complexity index is 236. The first-order valence-electron chi connectivity index (χ1n) is 4.25. The standard InChI is InChI=1S/C6H10BI2NO4/c7-4-2-3(14-9)6(13-4,1-11-8)5(10)12-2/h2-5H,1,7,10H2. The minimum Gasteiger partial charge on any atom is -0.369 e. The van der Waals surface area contributed by atoms with Gasteiger partial charge in [0.05, 0.1) is 12.6 Å². The molecule has 0 radical (unpaired) electrons. The Hall–Kier alpha value is 1.32. The van der Waals surface area contributed by atoms with Crippen LogP contribution in [0.2, 0.25) is 0 Å². The third kappa shape index (κ3) is 1.53. The Labute approximate surface area is 111 Å². The van der Waals surface area contributed by atoms with Crippen LogP contribution in [-0.2, 0) is 15.6 Å². The summed E-state index contributed by atoms with van der Waals surface area (Å²) >= 11 is 3.68. The molecule has 0 aromatic carbocycles. The van der Waals surface area contributed by atoms with Crippen LogP contribution in [0.25, 0.3) is 0 Å². The highest BCUT2D eigenvalue weighted by Gasteiger charge is 2.65. The molecule has 5 unspecified atom stereocenters. The zero-order valence-corrected chi connectivity index (χ0v) is 11.8. The van der Waals surface area contributed by atoms with Crippen molar-refractivity contribution in [3.05, 3.63) is 0 Å². The van der Waals surface area contributed by atoms with Gasteiger partial charge in [0.15, 0.2) is 5.60 Å². The predicted octanol–water partition coefficient (Wildman–Crippen LogP) is -0.500. The normalized spacial score (nSPS) is 51.4. The molecule has 2 rings (SSSR count). The van der Waals surface area contributed by atoms with E-state index in [4.69, 9.17) is 21.3 Å². The molecule has 2 bridgehead atoms. The Balaban J connectivity index is 2.25. The summed E-state index contributed by atoms with van der Waals surface area (Å²) < 4.78 is 21.8. The lowest BCUT2D eigenvalue weighted by atomic mass is 9.92. The Morgan fingerprint density at radius 2 is 2.21 bits per heavy atom. The molecule has 0 aliphatic carbocycles. The van der Waals surface area contributed by atoms with Gasteiger partial charge in [0.2, 0.25) is 0 Å². The minimum absolute atomic E-state index is 0.00103. The van der Waals surface area contributed by atoms with E-state index in [-0.39, 0.29) is 18.2 Å². The summed E-state index contributed by atoms with van der Waals surface area (Å²) in [7, 11) is 1.95. The third-order valence-corrected chi connectivity index (χ3v) is 3.67. The molecule has 0 spiro atoms. The van der Waals surface area contributed by atoms with E-state index >= 15 is 0 Å². The summed E-state index contributed by atoms with van der Waals surface area (Å²) in [5, 5.41) is 0. The number of ether oxygens (including phenoxy) is 2. The molecule has 2 aliphatic rings. The van der Waals surface area contributed by atoms with E-state index in [0.29, 0.717) is 6.61 Å². The van der Waals surface area contributed by atoms with E-state index in [1.807, 2.05) is 53.9 Å². The van der Waals surface area contributed by atoms with Crippen molar-refractivity contribution in [3.8, 4) is 0 Å². The van der Waals surface area contributed by atoms with Crippen molar-refractivity contribution in [2.75, 3.05) is 6.61 Å². The van der Waals surface area contributed by atoms with Gasteiger partial charge in [-0.25, -0.2) is 0 Å². The predicted molar refractivity (Wildman–Crippen MR) is 67.9 cm³/mol. The molecule has 2 heterocycles. The molecular formula is C6H10BI2NO4. The molecule has 2 N–H and O–H groups in total. The maximum atomic E-state index is 5.86. The van der Waals surface area contributed by atoms with Crippen LogP contribution in [0.4, 0.5) is 0 Å². The average Bonchev–Trinajstić information content (AvgIpc) is 2.54. The van der Waals surface area contributed by atoms with Crippen molar-refractivity contribution in [2.45, 2.75) is 30.0 Å². The molecule has 0 aromatic rings. The van der Waals surface area contributed by atoms with E-state index in [0.717, 1.165) is 0 Å². The zero-order chi connectivity index (χ0) is 10.3. The number of halogens is 2. The number of hydrogen-bond donors (Lipinski definition) is 1. The lowest BCUT2D eigenvalue weighted by Crippen LogP contribution is -2.55. The van der Waals surface area contributed by atoms with Gasteiger partial charge in [-0.15, -0.1) is 0 Å². The van der Waals surface area contributed by atoms with Crippen LogP contribution >= 0.6 is 46.0 Å². The van der Waals surface area contributed by atoms with Crippen LogP contribution in [0, 0.1) is 0 Å². The fraction of sp³-hybridized carbons (Fsp3) is 1.00. The second-order valence-corrected chi connectivity index (χ2v) is 4.69. The molecule has 8 heteroatoms. The maximum Gasteiger partial charge on any atom is 0.160 e. The van der Waals surface area contributed by atoms with Gasteiger partial charge in [-0.2, -0.15) is 0 Å². The average molecular weight is 425 g/mol. The van der Waals surface area contributed by atoms with Gasteiger partial charge in [0.25, 0.3) is 0 Å². The fourth-order valence-electron chi connectivity index (χ4n) is 2.11. The van der Waals surface area contributed by atoms with Gasteiger partial charge in [0, 0.05) is 0 Å². The molecule has 5 nitrogen and oxygen atoms in total. The van der Waals surface area contributed by atoms with Crippen molar-refractivity contribution in [1.82, 2.24) is 0 Å². The molecule has 0 aromatic heterocycles. The van der Waals surface area contributed by atoms with E-state index in [2.05, 4.69) is 0 Å². The highest BCUT2D eigenvalue weighted by atomic mass is 127. The summed E-state index contributed by atoms with van der Waals surface area (Å²) in [6.07, 6.45) is -0.713. The molecule has 0 saturated carbocycles.